The summed E-state index contributed by atoms with van der Waals surface area (Å²) in [7, 11) is -3.60. The van der Waals surface area contributed by atoms with Crippen LogP contribution in [0.3, 0.4) is 0 Å². The molecule has 2 aromatic heterocycles. The van der Waals surface area contributed by atoms with E-state index in [4.69, 9.17) is 4.74 Å². The molecule has 1 aliphatic heterocycles. The molecular weight excluding hydrogens is 380 g/mol. The van der Waals surface area contributed by atoms with Gasteiger partial charge >= 0.3 is 5.97 Å². The highest BCUT2D eigenvalue weighted by Gasteiger charge is 2.34. The van der Waals surface area contributed by atoms with Crippen LogP contribution in [0.1, 0.15) is 24.8 Å². The molecule has 2 aromatic rings. The van der Waals surface area contributed by atoms with Gasteiger partial charge in [-0.25, -0.2) is 13.4 Å². The van der Waals surface area contributed by atoms with E-state index < -0.39 is 10.0 Å². The van der Waals surface area contributed by atoms with Gasteiger partial charge in [-0.3, -0.25) is 4.79 Å². The van der Waals surface area contributed by atoms with Crippen molar-refractivity contribution in [3.8, 4) is 10.6 Å². The number of carbonyl (C=O) groups excluding carboxylic acids is 1. The van der Waals surface area contributed by atoms with Gasteiger partial charge < -0.3 is 4.74 Å². The number of hydrogen-bond acceptors (Lipinski definition) is 7. The van der Waals surface area contributed by atoms with E-state index in [0.717, 1.165) is 15.6 Å². The Morgan fingerprint density at radius 1 is 1.44 bits per heavy atom. The van der Waals surface area contributed by atoms with Crippen LogP contribution in [0.2, 0.25) is 0 Å². The minimum Gasteiger partial charge on any atom is -0.466 e. The number of nitrogens with zero attached hydrogens (tertiary/aromatic N) is 2. The maximum absolute atomic E-state index is 12.9. The van der Waals surface area contributed by atoms with Crippen LogP contribution >= 0.6 is 22.7 Å². The number of sulfonamides is 1. The Morgan fingerprint density at radius 3 is 2.92 bits per heavy atom. The number of ether oxygens (including phenoxy) is 1. The fourth-order valence-corrected chi connectivity index (χ4v) is 6.45. The van der Waals surface area contributed by atoms with Crippen LogP contribution in [0.5, 0.6) is 0 Å². The second-order valence-corrected chi connectivity index (χ2v) is 10.1. The molecular formula is C16H20N2O4S3. The molecule has 0 unspecified atom stereocenters. The number of aromatic nitrogens is 1. The first kappa shape index (κ1) is 18.5. The molecule has 6 nitrogen and oxygen atoms in total. The van der Waals surface area contributed by atoms with Crippen molar-refractivity contribution in [3.63, 3.8) is 0 Å². The third kappa shape index (κ3) is 3.94. The summed E-state index contributed by atoms with van der Waals surface area (Å²) in [6, 6.07) is 3.41. The van der Waals surface area contributed by atoms with E-state index in [1.165, 1.54) is 27.0 Å². The number of rotatable bonds is 5. The van der Waals surface area contributed by atoms with Crippen LogP contribution < -0.4 is 0 Å². The molecule has 1 fully saturated rings. The maximum Gasteiger partial charge on any atom is 0.310 e. The summed E-state index contributed by atoms with van der Waals surface area (Å²) in [5, 5.41) is 2.87. The molecule has 0 N–H and O–H groups in total. The fraction of sp³-hybridized carbons (Fsp3) is 0.500. The van der Waals surface area contributed by atoms with Crippen LogP contribution in [0.4, 0.5) is 0 Å². The van der Waals surface area contributed by atoms with E-state index in [1.54, 1.807) is 19.1 Å². The van der Waals surface area contributed by atoms with Crippen LogP contribution in [0.15, 0.2) is 21.7 Å². The summed E-state index contributed by atoms with van der Waals surface area (Å²) in [5.41, 5.74) is 0.803. The van der Waals surface area contributed by atoms with Crippen molar-refractivity contribution in [2.75, 3.05) is 19.7 Å². The molecule has 136 valence electrons. The monoisotopic (exact) mass is 400 g/mol. The van der Waals surface area contributed by atoms with Gasteiger partial charge in [0, 0.05) is 18.5 Å². The Hall–Kier alpha value is -1.29. The third-order valence-electron chi connectivity index (χ3n) is 4.05. The van der Waals surface area contributed by atoms with E-state index in [9.17, 15) is 13.2 Å². The van der Waals surface area contributed by atoms with Crippen molar-refractivity contribution in [2.24, 2.45) is 5.92 Å². The first-order valence-electron chi connectivity index (χ1n) is 8.11. The zero-order valence-corrected chi connectivity index (χ0v) is 16.5. The van der Waals surface area contributed by atoms with Crippen molar-refractivity contribution in [3.05, 3.63) is 22.5 Å². The van der Waals surface area contributed by atoms with E-state index in [2.05, 4.69) is 4.98 Å². The summed E-state index contributed by atoms with van der Waals surface area (Å²) < 4.78 is 32.6. The summed E-state index contributed by atoms with van der Waals surface area (Å²) in [6.07, 6.45) is 1.32. The fourth-order valence-electron chi connectivity index (χ4n) is 2.81. The quantitative estimate of drug-likeness (QED) is 0.721. The molecule has 0 aliphatic carbocycles. The van der Waals surface area contributed by atoms with E-state index >= 15 is 0 Å². The highest BCUT2D eigenvalue weighted by atomic mass is 32.2. The number of piperidine rings is 1. The Balaban J connectivity index is 1.79. The predicted octanol–water partition coefficient (Wildman–Crippen LogP) is 3.14. The second kappa shape index (κ2) is 7.53. The first-order chi connectivity index (χ1) is 11.9. The van der Waals surface area contributed by atoms with Crippen molar-refractivity contribution in [2.45, 2.75) is 30.9 Å². The standard InChI is InChI=1S/C16H20N2O4S3/c1-3-22-16(19)12-5-4-8-18(9-12)25(20,21)15-7-6-14(24-15)13-10-23-11(2)17-13/h6-7,10,12H,3-5,8-9H2,1-2H3/t12-/m0/s1. The third-order valence-corrected chi connectivity index (χ3v) is 8.26. The lowest BCUT2D eigenvalue weighted by atomic mass is 10.0. The van der Waals surface area contributed by atoms with Gasteiger partial charge in [0.15, 0.2) is 0 Å². The van der Waals surface area contributed by atoms with Gasteiger partial charge in [0.05, 0.1) is 28.1 Å². The van der Waals surface area contributed by atoms with Crippen molar-refractivity contribution >= 4 is 38.7 Å². The minimum absolute atomic E-state index is 0.185. The molecule has 1 atom stereocenters. The summed E-state index contributed by atoms with van der Waals surface area (Å²) in [4.78, 5) is 17.2. The summed E-state index contributed by atoms with van der Waals surface area (Å²) >= 11 is 2.75. The van der Waals surface area contributed by atoms with Crippen molar-refractivity contribution in [1.29, 1.82) is 0 Å². The van der Waals surface area contributed by atoms with Crippen LogP contribution in [-0.2, 0) is 19.6 Å². The normalized spacial score (nSPS) is 19.0. The minimum atomic E-state index is -3.60. The summed E-state index contributed by atoms with van der Waals surface area (Å²) in [6.45, 7) is 4.60. The van der Waals surface area contributed by atoms with Crippen LogP contribution in [0.25, 0.3) is 10.6 Å². The Bertz CT molecular complexity index is 856. The van der Waals surface area contributed by atoms with Gasteiger partial charge in [0.25, 0.3) is 10.0 Å². The topological polar surface area (TPSA) is 76.6 Å². The molecule has 0 spiro atoms. The van der Waals surface area contributed by atoms with Gasteiger partial charge in [-0.05, 0) is 38.8 Å². The Morgan fingerprint density at radius 2 is 2.24 bits per heavy atom. The molecule has 25 heavy (non-hydrogen) atoms. The van der Waals surface area contributed by atoms with E-state index in [0.29, 0.717) is 26.0 Å². The second-order valence-electron chi connectivity index (χ2n) is 5.82. The molecule has 0 saturated carbocycles. The zero-order valence-electron chi connectivity index (χ0n) is 14.1. The molecule has 1 saturated heterocycles. The average molecular weight is 401 g/mol. The number of thiophene rings is 1. The largest absolute Gasteiger partial charge is 0.466 e. The highest BCUT2D eigenvalue weighted by Crippen LogP contribution is 2.34. The number of hydrogen-bond donors (Lipinski definition) is 0. The van der Waals surface area contributed by atoms with Crippen LogP contribution in [-0.4, -0.2) is 43.4 Å². The highest BCUT2D eigenvalue weighted by molar-refractivity contribution is 7.91. The molecule has 0 bridgehead atoms. The van der Waals surface area contributed by atoms with Gasteiger partial charge in [-0.1, -0.05) is 0 Å². The molecule has 3 rings (SSSR count). The summed E-state index contributed by atoms with van der Waals surface area (Å²) in [5.74, 6) is -0.698. The van der Waals surface area contributed by atoms with Crippen molar-refractivity contribution < 1.29 is 17.9 Å². The number of carbonyl (C=O) groups is 1. The lowest BCUT2D eigenvalue weighted by Gasteiger charge is -2.30. The molecule has 1 aliphatic rings. The maximum atomic E-state index is 12.9. The number of thiazole rings is 1. The van der Waals surface area contributed by atoms with Crippen molar-refractivity contribution in [1.82, 2.24) is 9.29 Å². The SMILES string of the molecule is CCOC(=O)[C@H]1CCCN(S(=O)(=O)c2ccc(-c3csc(C)n3)s2)C1. The van der Waals surface area contributed by atoms with E-state index in [1.807, 2.05) is 12.3 Å². The molecule has 0 amide bonds. The first-order valence-corrected chi connectivity index (χ1v) is 11.2. The molecule has 3 heterocycles. The van der Waals surface area contributed by atoms with Gasteiger partial charge in [0.2, 0.25) is 0 Å². The molecule has 0 aromatic carbocycles. The number of esters is 1. The van der Waals surface area contributed by atoms with Gasteiger partial charge in [0.1, 0.15) is 4.21 Å². The average Bonchev–Trinajstić information content (AvgIpc) is 3.24. The van der Waals surface area contributed by atoms with E-state index in [-0.39, 0.29) is 22.6 Å². The lowest BCUT2D eigenvalue weighted by molar-refractivity contribution is -0.149. The van der Waals surface area contributed by atoms with Gasteiger partial charge in [-0.15, -0.1) is 22.7 Å². The Labute approximate surface area is 155 Å². The predicted molar refractivity (Wildman–Crippen MR) is 98.3 cm³/mol. The smallest absolute Gasteiger partial charge is 0.310 e. The molecule has 9 heteroatoms. The Kier molecular flexibility index (Phi) is 5.57. The zero-order chi connectivity index (χ0) is 18.0. The lowest BCUT2D eigenvalue weighted by Crippen LogP contribution is -2.42. The van der Waals surface area contributed by atoms with Gasteiger partial charge in [-0.2, -0.15) is 4.31 Å². The number of aryl methyl sites for hydroxylation is 1. The molecule has 0 radical (unpaired) electrons. The van der Waals surface area contributed by atoms with Crippen LogP contribution in [0, 0.1) is 12.8 Å².